The maximum absolute atomic E-state index is 11.9. The van der Waals surface area contributed by atoms with Crippen molar-refractivity contribution in [2.24, 2.45) is 0 Å². The van der Waals surface area contributed by atoms with Gasteiger partial charge in [0.05, 0.1) is 6.20 Å². The molecule has 1 aromatic rings. The third-order valence-electron chi connectivity index (χ3n) is 2.42. The van der Waals surface area contributed by atoms with E-state index in [0.29, 0.717) is 13.1 Å². The molecule has 8 heteroatoms. The van der Waals surface area contributed by atoms with E-state index in [9.17, 15) is 9.59 Å². The number of aliphatic carboxylic acids is 1. The smallest absolute Gasteiger partial charge is 0.327 e. The van der Waals surface area contributed by atoms with Crippen molar-refractivity contribution < 1.29 is 14.7 Å². The van der Waals surface area contributed by atoms with E-state index in [1.807, 2.05) is 0 Å². The maximum atomic E-state index is 11.9. The molecule has 1 aromatic heterocycles. The zero-order valence-electron chi connectivity index (χ0n) is 8.38. The van der Waals surface area contributed by atoms with Crippen molar-refractivity contribution in [3.8, 4) is 0 Å². The number of carbonyl (C=O) groups excluding carboxylic acids is 1. The van der Waals surface area contributed by atoms with Crippen LogP contribution in [0.3, 0.4) is 0 Å². The highest BCUT2D eigenvalue weighted by Gasteiger charge is 2.33. The van der Waals surface area contributed by atoms with Crippen LogP contribution in [-0.4, -0.2) is 63.0 Å². The van der Waals surface area contributed by atoms with Gasteiger partial charge in [-0.25, -0.2) is 4.79 Å². The Hall–Kier alpha value is -1.96. The summed E-state index contributed by atoms with van der Waals surface area (Å²) in [6, 6.07) is -0.849. The van der Waals surface area contributed by atoms with E-state index in [2.05, 4.69) is 20.7 Å². The highest BCUT2D eigenvalue weighted by Crippen LogP contribution is 2.08. The Morgan fingerprint density at radius 1 is 1.56 bits per heavy atom. The molecule has 1 aliphatic rings. The van der Waals surface area contributed by atoms with E-state index < -0.39 is 17.9 Å². The average molecular weight is 225 g/mol. The predicted octanol–water partition coefficient (Wildman–Crippen LogP) is -1.70. The first kappa shape index (κ1) is 10.6. The molecule has 2 heterocycles. The van der Waals surface area contributed by atoms with Gasteiger partial charge in [0, 0.05) is 19.6 Å². The van der Waals surface area contributed by atoms with Crippen LogP contribution in [-0.2, 0) is 4.79 Å². The molecule has 0 aromatic carbocycles. The monoisotopic (exact) mass is 225 g/mol. The maximum Gasteiger partial charge on any atom is 0.327 e. The number of nitrogens with zero attached hydrogens (tertiary/aromatic N) is 3. The van der Waals surface area contributed by atoms with Gasteiger partial charge < -0.3 is 15.3 Å². The van der Waals surface area contributed by atoms with Crippen LogP contribution in [0.2, 0.25) is 0 Å². The van der Waals surface area contributed by atoms with Crippen LogP contribution in [0.15, 0.2) is 6.20 Å². The Bertz CT molecular complexity index is 390. The van der Waals surface area contributed by atoms with Gasteiger partial charge in [0.1, 0.15) is 6.04 Å². The van der Waals surface area contributed by atoms with Gasteiger partial charge in [-0.3, -0.25) is 4.79 Å². The lowest BCUT2D eigenvalue weighted by Gasteiger charge is -2.32. The molecule has 0 saturated carbocycles. The lowest BCUT2D eigenvalue weighted by atomic mass is 10.2. The summed E-state index contributed by atoms with van der Waals surface area (Å²) >= 11 is 0. The Labute approximate surface area is 90.6 Å². The number of carboxylic acid groups (broad SMARTS) is 1. The van der Waals surface area contributed by atoms with E-state index in [0.717, 1.165) is 0 Å². The number of carboxylic acids is 1. The van der Waals surface area contributed by atoms with E-state index in [4.69, 9.17) is 5.11 Å². The lowest BCUT2D eigenvalue weighted by molar-refractivity contribution is -0.142. The third kappa shape index (κ3) is 1.87. The molecule has 1 aliphatic heterocycles. The molecule has 0 spiro atoms. The van der Waals surface area contributed by atoms with Crippen LogP contribution < -0.4 is 5.32 Å². The Balaban J connectivity index is 2.17. The zero-order valence-corrected chi connectivity index (χ0v) is 8.38. The van der Waals surface area contributed by atoms with Gasteiger partial charge in [0.2, 0.25) is 0 Å². The molecule has 1 fully saturated rings. The number of piperazine rings is 1. The van der Waals surface area contributed by atoms with Crippen molar-refractivity contribution >= 4 is 11.9 Å². The summed E-state index contributed by atoms with van der Waals surface area (Å²) in [6.07, 6.45) is 1.28. The largest absolute Gasteiger partial charge is 0.480 e. The molecular formula is C8H11N5O3. The SMILES string of the molecule is O=C(O)C1CNCCN1C(=O)c1cn[nH]n1. The van der Waals surface area contributed by atoms with Crippen LogP contribution in [0.1, 0.15) is 10.5 Å². The Kier molecular flexibility index (Phi) is 2.82. The topological polar surface area (TPSA) is 111 Å². The molecule has 0 radical (unpaired) electrons. The number of nitrogens with one attached hydrogen (secondary N) is 2. The molecule has 1 saturated heterocycles. The summed E-state index contributed by atoms with van der Waals surface area (Å²) in [5.74, 6) is -1.44. The minimum absolute atomic E-state index is 0.133. The van der Waals surface area contributed by atoms with Gasteiger partial charge >= 0.3 is 5.97 Å². The minimum atomic E-state index is -1.02. The van der Waals surface area contributed by atoms with Gasteiger partial charge in [0.15, 0.2) is 5.69 Å². The molecule has 86 valence electrons. The average Bonchev–Trinajstić information content (AvgIpc) is 2.81. The minimum Gasteiger partial charge on any atom is -0.480 e. The Morgan fingerprint density at radius 3 is 3.00 bits per heavy atom. The second-order valence-corrected chi connectivity index (χ2v) is 3.41. The molecule has 8 nitrogen and oxygen atoms in total. The number of aromatic amines is 1. The fourth-order valence-electron chi connectivity index (χ4n) is 1.62. The first-order chi connectivity index (χ1) is 7.70. The number of carbonyl (C=O) groups is 2. The van der Waals surface area contributed by atoms with Crippen LogP contribution in [0.25, 0.3) is 0 Å². The van der Waals surface area contributed by atoms with Crippen LogP contribution in [0.5, 0.6) is 0 Å². The lowest BCUT2D eigenvalue weighted by Crippen LogP contribution is -2.57. The number of rotatable bonds is 2. The van der Waals surface area contributed by atoms with Crippen LogP contribution in [0.4, 0.5) is 0 Å². The molecule has 2 rings (SSSR count). The second-order valence-electron chi connectivity index (χ2n) is 3.41. The van der Waals surface area contributed by atoms with Crippen molar-refractivity contribution in [3.05, 3.63) is 11.9 Å². The van der Waals surface area contributed by atoms with Crippen LogP contribution in [0, 0.1) is 0 Å². The number of H-pyrrole nitrogens is 1. The van der Waals surface area contributed by atoms with E-state index in [1.165, 1.54) is 11.1 Å². The van der Waals surface area contributed by atoms with Crippen molar-refractivity contribution in [2.75, 3.05) is 19.6 Å². The van der Waals surface area contributed by atoms with Crippen molar-refractivity contribution in [1.82, 2.24) is 25.6 Å². The molecule has 0 aliphatic carbocycles. The fraction of sp³-hybridized carbons (Fsp3) is 0.500. The predicted molar refractivity (Wildman–Crippen MR) is 51.7 cm³/mol. The van der Waals surface area contributed by atoms with Gasteiger partial charge in [-0.1, -0.05) is 0 Å². The zero-order chi connectivity index (χ0) is 11.5. The highest BCUT2D eigenvalue weighted by molar-refractivity contribution is 5.94. The third-order valence-corrected chi connectivity index (χ3v) is 2.42. The summed E-state index contributed by atoms with van der Waals surface area (Å²) in [6.45, 7) is 1.18. The summed E-state index contributed by atoms with van der Waals surface area (Å²) in [5, 5.41) is 21.4. The van der Waals surface area contributed by atoms with Gasteiger partial charge in [-0.15, -0.1) is 0 Å². The molecule has 3 N–H and O–H groups in total. The molecule has 1 unspecified atom stereocenters. The molecule has 0 bridgehead atoms. The standard InChI is InChI=1S/C8H11N5O3/c14-7(5-3-10-12-11-5)13-2-1-9-4-6(13)8(15)16/h3,6,9H,1-2,4H2,(H,15,16)(H,10,11,12). The van der Waals surface area contributed by atoms with Crippen LogP contribution >= 0.6 is 0 Å². The van der Waals surface area contributed by atoms with Gasteiger partial charge in [-0.2, -0.15) is 15.4 Å². The van der Waals surface area contributed by atoms with Gasteiger partial charge in [0.25, 0.3) is 5.91 Å². The molecule has 1 atom stereocenters. The number of amides is 1. The number of aromatic nitrogens is 3. The first-order valence-corrected chi connectivity index (χ1v) is 4.80. The summed E-state index contributed by atoms with van der Waals surface area (Å²) in [5.41, 5.74) is 0.133. The summed E-state index contributed by atoms with van der Waals surface area (Å²) < 4.78 is 0. The summed E-state index contributed by atoms with van der Waals surface area (Å²) in [4.78, 5) is 24.1. The van der Waals surface area contributed by atoms with Crippen molar-refractivity contribution in [1.29, 1.82) is 0 Å². The van der Waals surface area contributed by atoms with Crippen molar-refractivity contribution in [2.45, 2.75) is 6.04 Å². The highest BCUT2D eigenvalue weighted by atomic mass is 16.4. The normalized spacial score (nSPS) is 20.8. The van der Waals surface area contributed by atoms with Crippen molar-refractivity contribution in [3.63, 3.8) is 0 Å². The Morgan fingerprint density at radius 2 is 2.38 bits per heavy atom. The summed E-state index contributed by atoms with van der Waals surface area (Å²) in [7, 11) is 0. The quantitative estimate of drug-likeness (QED) is 0.553. The van der Waals surface area contributed by atoms with Gasteiger partial charge in [-0.05, 0) is 0 Å². The fourth-order valence-corrected chi connectivity index (χ4v) is 1.62. The first-order valence-electron chi connectivity index (χ1n) is 4.80. The molecule has 16 heavy (non-hydrogen) atoms. The number of hydrogen-bond donors (Lipinski definition) is 3. The van der Waals surface area contributed by atoms with E-state index in [-0.39, 0.29) is 12.2 Å². The second kappa shape index (κ2) is 4.27. The molecule has 1 amide bonds. The number of hydrogen-bond acceptors (Lipinski definition) is 5. The van der Waals surface area contributed by atoms with E-state index in [1.54, 1.807) is 0 Å². The molecular weight excluding hydrogens is 214 g/mol. The van der Waals surface area contributed by atoms with E-state index >= 15 is 0 Å².